The topological polar surface area (TPSA) is 55.1 Å². The van der Waals surface area contributed by atoms with Crippen LogP contribution in [0, 0.1) is 5.82 Å². The Morgan fingerprint density at radius 2 is 2.16 bits per heavy atom. The molecule has 106 valence electrons. The Kier molecular flexibility index (Phi) is 5.76. The van der Waals surface area contributed by atoms with Crippen molar-refractivity contribution in [3.05, 3.63) is 35.6 Å². The molecule has 0 aliphatic heterocycles. The van der Waals surface area contributed by atoms with Crippen LogP contribution in [0.3, 0.4) is 0 Å². The van der Waals surface area contributed by atoms with E-state index in [0.29, 0.717) is 25.9 Å². The smallest absolute Gasteiger partial charge is 0.220 e. The van der Waals surface area contributed by atoms with E-state index in [1.165, 1.54) is 6.07 Å². The van der Waals surface area contributed by atoms with Gasteiger partial charge in [-0.2, -0.15) is 0 Å². The lowest BCUT2D eigenvalue weighted by molar-refractivity contribution is -0.121. The number of benzene rings is 1. The van der Waals surface area contributed by atoms with Crippen LogP contribution in [0.1, 0.15) is 31.2 Å². The number of carbonyl (C=O) groups excluding carboxylic acids is 1. The first-order valence-electron chi connectivity index (χ1n) is 6.39. The molecule has 0 spiro atoms. The maximum absolute atomic E-state index is 13.2. The van der Waals surface area contributed by atoms with Crippen molar-refractivity contribution in [1.29, 1.82) is 0 Å². The molecule has 1 aromatic rings. The van der Waals surface area contributed by atoms with Crippen molar-refractivity contribution in [2.75, 3.05) is 13.1 Å². The lowest BCUT2D eigenvalue weighted by Crippen LogP contribution is -2.32. The molecule has 0 bridgehead atoms. The normalized spacial score (nSPS) is 15.5. The molecule has 2 rings (SSSR count). The van der Waals surface area contributed by atoms with E-state index in [-0.39, 0.29) is 29.5 Å². The first kappa shape index (κ1) is 15.9. The Morgan fingerprint density at radius 1 is 1.42 bits per heavy atom. The van der Waals surface area contributed by atoms with Gasteiger partial charge in [-0.05, 0) is 43.5 Å². The second kappa shape index (κ2) is 6.87. The maximum atomic E-state index is 13.2. The summed E-state index contributed by atoms with van der Waals surface area (Å²) in [7, 11) is 0. The monoisotopic (exact) mass is 286 g/mol. The molecule has 0 atom stereocenters. The molecule has 19 heavy (non-hydrogen) atoms. The Morgan fingerprint density at radius 3 is 2.74 bits per heavy atom. The first-order chi connectivity index (χ1) is 8.66. The van der Waals surface area contributed by atoms with Gasteiger partial charge in [0.2, 0.25) is 5.91 Å². The number of carbonyl (C=O) groups is 1. The minimum absolute atomic E-state index is 0. The average Bonchev–Trinajstić information content (AvgIpc) is 3.15. The van der Waals surface area contributed by atoms with Gasteiger partial charge in [-0.15, -0.1) is 12.4 Å². The van der Waals surface area contributed by atoms with E-state index in [1.54, 1.807) is 12.1 Å². The third-order valence-electron chi connectivity index (χ3n) is 3.52. The van der Waals surface area contributed by atoms with Gasteiger partial charge in [0.25, 0.3) is 0 Å². The van der Waals surface area contributed by atoms with Gasteiger partial charge in [-0.3, -0.25) is 4.79 Å². The minimum atomic E-state index is -0.215. The standard InChI is InChI=1S/C14H19FN2O.ClH/c15-12-4-1-3-11(9-12)14(6-7-14)10-17-13(18)5-2-8-16;/h1,3-4,9H,2,5-8,10,16H2,(H,17,18);1H. The van der Waals surface area contributed by atoms with Crippen LogP contribution < -0.4 is 11.1 Å². The van der Waals surface area contributed by atoms with E-state index in [2.05, 4.69) is 5.32 Å². The van der Waals surface area contributed by atoms with Gasteiger partial charge in [0.15, 0.2) is 0 Å². The van der Waals surface area contributed by atoms with Crippen LogP contribution in [0.25, 0.3) is 0 Å². The minimum Gasteiger partial charge on any atom is -0.355 e. The number of rotatable bonds is 6. The van der Waals surface area contributed by atoms with Gasteiger partial charge in [-0.25, -0.2) is 4.39 Å². The van der Waals surface area contributed by atoms with Gasteiger partial charge in [0, 0.05) is 18.4 Å². The zero-order chi connectivity index (χ0) is 13.0. The molecule has 3 N–H and O–H groups in total. The molecule has 5 heteroatoms. The maximum Gasteiger partial charge on any atom is 0.220 e. The van der Waals surface area contributed by atoms with Crippen molar-refractivity contribution in [3.63, 3.8) is 0 Å². The molecule has 0 unspecified atom stereocenters. The van der Waals surface area contributed by atoms with Crippen molar-refractivity contribution >= 4 is 18.3 Å². The van der Waals surface area contributed by atoms with Crippen LogP contribution in [0.2, 0.25) is 0 Å². The molecule has 3 nitrogen and oxygen atoms in total. The number of nitrogens with one attached hydrogen (secondary N) is 1. The number of hydrogen-bond acceptors (Lipinski definition) is 2. The van der Waals surface area contributed by atoms with E-state index < -0.39 is 0 Å². The molecular weight excluding hydrogens is 267 g/mol. The lowest BCUT2D eigenvalue weighted by atomic mass is 9.96. The Hall–Kier alpha value is -1.13. The average molecular weight is 287 g/mol. The molecule has 1 aliphatic carbocycles. The van der Waals surface area contributed by atoms with Crippen LogP contribution in [0.5, 0.6) is 0 Å². The molecule has 1 fully saturated rings. The fraction of sp³-hybridized carbons (Fsp3) is 0.500. The van der Waals surface area contributed by atoms with Crippen LogP contribution in [0.15, 0.2) is 24.3 Å². The van der Waals surface area contributed by atoms with E-state index in [4.69, 9.17) is 5.73 Å². The SMILES string of the molecule is Cl.NCCCC(=O)NCC1(c2cccc(F)c2)CC1. The predicted octanol–water partition coefficient (Wildman–Crippen LogP) is 2.13. The third kappa shape index (κ3) is 4.18. The van der Waals surface area contributed by atoms with E-state index in [1.807, 2.05) is 6.07 Å². The summed E-state index contributed by atoms with van der Waals surface area (Å²) in [6.07, 6.45) is 3.19. The molecule has 1 saturated carbocycles. The number of hydrogen-bond donors (Lipinski definition) is 2. The summed E-state index contributed by atoms with van der Waals surface area (Å²) in [5, 5.41) is 2.92. The third-order valence-corrected chi connectivity index (χ3v) is 3.52. The van der Waals surface area contributed by atoms with E-state index in [9.17, 15) is 9.18 Å². The quantitative estimate of drug-likeness (QED) is 0.842. The molecular formula is C14H20ClFN2O. The van der Waals surface area contributed by atoms with Crippen molar-refractivity contribution < 1.29 is 9.18 Å². The largest absolute Gasteiger partial charge is 0.355 e. The van der Waals surface area contributed by atoms with Crippen molar-refractivity contribution in [2.24, 2.45) is 5.73 Å². The molecule has 0 saturated heterocycles. The predicted molar refractivity (Wildman–Crippen MR) is 75.9 cm³/mol. The molecule has 0 radical (unpaired) electrons. The zero-order valence-electron chi connectivity index (χ0n) is 10.8. The van der Waals surface area contributed by atoms with Crippen LogP contribution in [0.4, 0.5) is 4.39 Å². The zero-order valence-corrected chi connectivity index (χ0v) is 11.6. The fourth-order valence-corrected chi connectivity index (χ4v) is 2.16. The Labute approximate surface area is 119 Å². The summed E-state index contributed by atoms with van der Waals surface area (Å²) in [6, 6.07) is 6.67. The van der Waals surface area contributed by atoms with Crippen LogP contribution >= 0.6 is 12.4 Å². The second-order valence-corrected chi connectivity index (χ2v) is 4.96. The van der Waals surface area contributed by atoms with Gasteiger partial charge in [0.05, 0.1) is 0 Å². The Bertz CT molecular complexity index is 435. The summed E-state index contributed by atoms with van der Waals surface area (Å²) in [5.74, 6) is -0.184. The highest BCUT2D eigenvalue weighted by atomic mass is 35.5. The van der Waals surface area contributed by atoms with E-state index in [0.717, 1.165) is 18.4 Å². The molecule has 0 aromatic heterocycles. The summed E-state index contributed by atoms with van der Waals surface area (Å²) >= 11 is 0. The Balaban J connectivity index is 0.00000180. The number of halogens is 2. The number of nitrogens with two attached hydrogens (primary N) is 1. The highest BCUT2D eigenvalue weighted by Gasteiger charge is 2.44. The summed E-state index contributed by atoms with van der Waals surface area (Å²) < 4.78 is 13.2. The molecule has 1 aromatic carbocycles. The highest BCUT2D eigenvalue weighted by molar-refractivity contribution is 5.85. The van der Waals surface area contributed by atoms with Gasteiger partial charge < -0.3 is 11.1 Å². The van der Waals surface area contributed by atoms with Gasteiger partial charge in [-0.1, -0.05) is 12.1 Å². The number of amides is 1. The highest BCUT2D eigenvalue weighted by Crippen LogP contribution is 2.47. The van der Waals surface area contributed by atoms with Gasteiger partial charge >= 0.3 is 0 Å². The van der Waals surface area contributed by atoms with Crippen LogP contribution in [-0.2, 0) is 10.2 Å². The first-order valence-corrected chi connectivity index (χ1v) is 6.39. The van der Waals surface area contributed by atoms with E-state index >= 15 is 0 Å². The summed E-state index contributed by atoms with van der Waals surface area (Å²) in [4.78, 5) is 11.5. The second-order valence-electron chi connectivity index (χ2n) is 4.96. The fourth-order valence-electron chi connectivity index (χ4n) is 2.16. The van der Waals surface area contributed by atoms with Gasteiger partial charge in [0.1, 0.15) is 5.82 Å². The van der Waals surface area contributed by atoms with Crippen molar-refractivity contribution in [3.8, 4) is 0 Å². The van der Waals surface area contributed by atoms with Crippen molar-refractivity contribution in [2.45, 2.75) is 31.1 Å². The summed E-state index contributed by atoms with van der Waals surface area (Å²) in [6.45, 7) is 1.13. The lowest BCUT2D eigenvalue weighted by Gasteiger charge is -2.16. The van der Waals surface area contributed by atoms with Crippen LogP contribution in [-0.4, -0.2) is 19.0 Å². The molecule has 1 amide bonds. The molecule has 0 heterocycles. The molecule has 1 aliphatic rings. The summed E-state index contributed by atoms with van der Waals surface area (Å²) in [5.41, 5.74) is 6.30. The van der Waals surface area contributed by atoms with Crippen molar-refractivity contribution in [1.82, 2.24) is 5.32 Å².